The quantitative estimate of drug-likeness (QED) is 0.601. The van der Waals surface area contributed by atoms with Gasteiger partial charge in [-0.3, -0.25) is 11.3 Å². The van der Waals surface area contributed by atoms with Gasteiger partial charge in [-0.25, -0.2) is 0 Å². The van der Waals surface area contributed by atoms with Crippen LogP contribution in [-0.4, -0.2) is 12.7 Å². The minimum atomic E-state index is 0.0936. The molecule has 0 aromatic heterocycles. The van der Waals surface area contributed by atoms with Crippen molar-refractivity contribution in [1.29, 1.82) is 0 Å². The van der Waals surface area contributed by atoms with Crippen LogP contribution in [0.5, 0.6) is 0 Å². The van der Waals surface area contributed by atoms with E-state index in [9.17, 15) is 0 Å². The van der Waals surface area contributed by atoms with Gasteiger partial charge in [0.05, 0.1) is 12.1 Å². The fraction of sp³-hybridized carbons (Fsp3) is 0.600. The highest BCUT2D eigenvalue weighted by molar-refractivity contribution is 5.31. The van der Waals surface area contributed by atoms with Gasteiger partial charge in [-0.2, -0.15) is 0 Å². The Kier molecular flexibility index (Phi) is 4.38. The summed E-state index contributed by atoms with van der Waals surface area (Å²) in [5.74, 6) is 6.43. The third-order valence-corrected chi connectivity index (χ3v) is 3.56. The number of hydrogen-bond acceptors (Lipinski definition) is 3. The SMILES string of the molecule is CCOC(C1CC1)C(NN)c1cc(C)cc(C)c1. The molecule has 0 radical (unpaired) electrons. The van der Waals surface area contributed by atoms with Gasteiger partial charge in [-0.05, 0) is 45.1 Å². The zero-order valence-electron chi connectivity index (χ0n) is 11.6. The standard InChI is InChI=1S/C15H24N2O/c1-4-18-15(12-5-6-12)14(17-16)13-8-10(2)7-11(3)9-13/h7-9,12,14-15,17H,4-6,16H2,1-3H3. The van der Waals surface area contributed by atoms with E-state index in [1.165, 1.54) is 29.5 Å². The van der Waals surface area contributed by atoms with E-state index in [1.54, 1.807) is 0 Å². The van der Waals surface area contributed by atoms with E-state index in [0.717, 1.165) is 6.61 Å². The number of hydrogen-bond donors (Lipinski definition) is 2. The maximum Gasteiger partial charge on any atom is 0.0810 e. The summed E-state index contributed by atoms with van der Waals surface area (Å²) >= 11 is 0. The molecule has 0 aliphatic heterocycles. The van der Waals surface area contributed by atoms with Crippen LogP contribution in [0.15, 0.2) is 18.2 Å². The normalized spacial score (nSPS) is 18.7. The summed E-state index contributed by atoms with van der Waals surface area (Å²) in [6, 6.07) is 6.68. The van der Waals surface area contributed by atoms with Crippen molar-refractivity contribution in [3.8, 4) is 0 Å². The molecule has 3 nitrogen and oxygen atoms in total. The van der Waals surface area contributed by atoms with Crippen LogP contribution in [0, 0.1) is 19.8 Å². The third-order valence-electron chi connectivity index (χ3n) is 3.56. The molecular formula is C15H24N2O. The molecule has 1 aliphatic carbocycles. The molecule has 2 unspecified atom stereocenters. The molecule has 3 heteroatoms. The van der Waals surface area contributed by atoms with Gasteiger partial charge < -0.3 is 4.74 Å². The highest BCUT2D eigenvalue weighted by Gasteiger charge is 2.37. The third kappa shape index (κ3) is 3.10. The second-order valence-electron chi connectivity index (χ2n) is 5.32. The predicted octanol–water partition coefficient (Wildman–Crippen LogP) is 2.62. The fourth-order valence-electron chi connectivity index (χ4n) is 2.69. The Morgan fingerprint density at radius 2 is 1.89 bits per heavy atom. The molecule has 2 atom stereocenters. The lowest BCUT2D eigenvalue weighted by Crippen LogP contribution is -2.39. The second kappa shape index (κ2) is 5.83. The van der Waals surface area contributed by atoms with Crippen LogP contribution < -0.4 is 11.3 Å². The number of ether oxygens (including phenoxy) is 1. The first kappa shape index (κ1) is 13.5. The molecule has 1 fully saturated rings. The van der Waals surface area contributed by atoms with Crippen LogP contribution in [0.25, 0.3) is 0 Å². The van der Waals surface area contributed by atoms with Gasteiger partial charge in [0.2, 0.25) is 0 Å². The summed E-state index contributed by atoms with van der Waals surface area (Å²) < 4.78 is 5.91. The number of nitrogens with two attached hydrogens (primary N) is 1. The molecule has 1 aromatic rings. The molecule has 1 aromatic carbocycles. The van der Waals surface area contributed by atoms with E-state index in [-0.39, 0.29) is 12.1 Å². The minimum absolute atomic E-state index is 0.0936. The molecular weight excluding hydrogens is 224 g/mol. The van der Waals surface area contributed by atoms with Crippen molar-refractivity contribution >= 4 is 0 Å². The van der Waals surface area contributed by atoms with Crippen molar-refractivity contribution in [1.82, 2.24) is 5.43 Å². The van der Waals surface area contributed by atoms with Gasteiger partial charge in [0, 0.05) is 6.61 Å². The van der Waals surface area contributed by atoms with Crippen molar-refractivity contribution in [2.24, 2.45) is 11.8 Å². The average Bonchev–Trinajstić information content (AvgIpc) is 3.11. The smallest absolute Gasteiger partial charge is 0.0810 e. The summed E-state index contributed by atoms with van der Waals surface area (Å²) in [5, 5.41) is 0. The molecule has 3 N–H and O–H groups in total. The van der Waals surface area contributed by atoms with Crippen LogP contribution in [0.4, 0.5) is 0 Å². The van der Waals surface area contributed by atoms with Gasteiger partial charge >= 0.3 is 0 Å². The highest BCUT2D eigenvalue weighted by Crippen LogP contribution is 2.40. The van der Waals surface area contributed by atoms with E-state index in [2.05, 4.69) is 37.5 Å². The van der Waals surface area contributed by atoms with Crippen LogP contribution in [0.1, 0.15) is 42.5 Å². The van der Waals surface area contributed by atoms with Crippen molar-refractivity contribution in [2.75, 3.05) is 6.61 Å². The van der Waals surface area contributed by atoms with Crippen molar-refractivity contribution in [3.63, 3.8) is 0 Å². The van der Waals surface area contributed by atoms with Gasteiger partial charge in [0.1, 0.15) is 0 Å². The zero-order chi connectivity index (χ0) is 13.1. The summed E-state index contributed by atoms with van der Waals surface area (Å²) in [6.45, 7) is 7.03. The van der Waals surface area contributed by atoms with E-state index >= 15 is 0 Å². The largest absolute Gasteiger partial charge is 0.376 e. The Hall–Kier alpha value is -0.900. The fourth-order valence-corrected chi connectivity index (χ4v) is 2.69. The zero-order valence-corrected chi connectivity index (χ0v) is 11.6. The van der Waals surface area contributed by atoms with Gasteiger partial charge in [-0.1, -0.05) is 29.3 Å². The second-order valence-corrected chi connectivity index (χ2v) is 5.32. The molecule has 0 spiro atoms. The van der Waals surface area contributed by atoms with Crippen LogP contribution in [0.2, 0.25) is 0 Å². The highest BCUT2D eigenvalue weighted by atomic mass is 16.5. The van der Waals surface area contributed by atoms with Gasteiger partial charge in [-0.15, -0.1) is 0 Å². The first-order valence-electron chi connectivity index (χ1n) is 6.81. The van der Waals surface area contributed by atoms with E-state index in [4.69, 9.17) is 10.6 Å². The lowest BCUT2D eigenvalue weighted by Gasteiger charge is -2.27. The molecule has 0 saturated heterocycles. The molecule has 1 aliphatic rings. The maximum absolute atomic E-state index is 5.91. The van der Waals surface area contributed by atoms with Crippen molar-refractivity contribution in [2.45, 2.75) is 45.8 Å². The lowest BCUT2D eigenvalue weighted by atomic mass is 9.95. The number of rotatable bonds is 6. The number of nitrogens with one attached hydrogen (secondary N) is 1. The summed E-state index contributed by atoms with van der Waals surface area (Å²) in [7, 11) is 0. The van der Waals surface area contributed by atoms with Crippen molar-refractivity contribution < 1.29 is 4.74 Å². The van der Waals surface area contributed by atoms with Crippen LogP contribution in [0.3, 0.4) is 0 Å². The molecule has 0 bridgehead atoms. The van der Waals surface area contributed by atoms with E-state index in [0.29, 0.717) is 5.92 Å². The molecule has 0 amide bonds. The van der Waals surface area contributed by atoms with E-state index in [1.807, 2.05) is 6.92 Å². The molecule has 2 rings (SSSR count). The summed E-state index contributed by atoms with van der Waals surface area (Å²) in [5.41, 5.74) is 6.74. The Morgan fingerprint density at radius 3 is 2.33 bits per heavy atom. The Balaban J connectivity index is 2.24. The average molecular weight is 248 g/mol. The van der Waals surface area contributed by atoms with Crippen LogP contribution >= 0.6 is 0 Å². The topological polar surface area (TPSA) is 47.3 Å². The summed E-state index contributed by atoms with van der Waals surface area (Å²) in [4.78, 5) is 0. The number of aryl methyl sites for hydroxylation is 2. The predicted molar refractivity (Wildman–Crippen MR) is 74.1 cm³/mol. The van der Waals surface area contributed by atoms with Gasteiger partial charge in [0.25, 0.3) is 0 Å². The van der Waals surface area contributed by atoms with Gasteiger partial charge in [0.15, 0.2) is 0 Å². The Morgan fingerprint density at radius 1 is 1.28 bits per heavy atom. The monoisotopic (exact) mass is 248 g/mol. The maximum atomic E-state index is 5.91. The molecule has 100 valence electrons. The molecule has 1 saturated carbocycles. The van der Waals surface area contributed by atoms with Crippen LogP contribution in [-0.2, 0) is 4.74 Å². The first-order valence-corrected chi connectivity index (χ1v) is 6.81. The first-order chi connectivity index (χ1) is 8.65. The molecule has 0 heterocycles. The molecule has 18 heavy (non-hydrogen) atoms. The van der Waals surface area contributed by atoms with Crippen molar-refractivity contribution in [3.05, 3.63) is 34.9 Å². The van der Waals surface area contributed by atoms with E-state index < -0.39 is 0 Å². The number of benzene rings is 1. The lowest BCUT2D eigenvalue weighted by molar-refractivity contribution is 0.0185. The Labute approximate surface area is 110 Å². The Bertz CT molecular complexity index is 381. The summed E-state index contributed by atoms with van der Waals surface area (Å²) in [6.07, 6.45) is 2.71. The minimum Gasteiger partial charge on any atom is -0.376 e. The number of hydrazine groups is 1.